The number of aromatic amines is 2. The van der Waals surface area contributed by atoms with Gasteiger partial charge in [-0.1, -0.05) is 23.3 Å². The lowest BCUT2D eigenvalue weighted by atomic mass is 10.1. The Balaban J connectivity index is 1.85. The molecule has 0 radical (unpaired) electrons. The minimum Gasteiger partial charge on any atom is -0.358 e. The Morgan fingerprint density at radius 3 is 3.00 bits per heavy atom. The number of tetrazole rings is 1. The molecule has 0 spiro atoms. The molecule has 7 nitrogen and oxygen atoms in total. The van der Waals surface area contributed by atoms with Gasteiger partial charge < -0.3 is 4.98 Å². The van der Waals surface area contributed by atoms with Crippen LogP contribution in [0.25, 0.3) is 10.9 Å². The average molecular weight is 256 g/mol. The zero-order valence-corrected chi connectivity index (χ0v) is 10.3. The number of nitrogens with one attached hydrogen (secondary N) is 3. The molecule has 0 aliphatic rings. The third-order valence-corrected chi connectivity index (χ3v) is 2.96. The minimum absolute atomic E-state index is 0.172. The molecule has 0 saturated carbocycles. The van der Waals surface area contributed by atoms with Crippen molar-refractivity contribution < 1.29 is 4.79 Å². The Labute approximate surface area is 108 Å². The highest BCUT2D eigenvalue weighted by molar-refractivity contribution is 5.95. The highest BCUT2D eigenvalue weighted by atomic mass is 16.1. The fraction of sp³-hybridized carbons (Fsp3) is 0.167. The second-order valence-corrected chi connectivity index (χ2v) is 4.23. The first-order chi connectivity index (χ1) is 9.24. The molecule has 0 saturated heterocycles. The third kappa shape index (κ3) is 2.17. The smallest absolute Gasteiger partial charge is 0.269 e. The maximum Gasteiger partial charge on any atom is 0.269 e. The van der Waals surface area contributed by atoms with Gasteiger partial charge in [0.2, 0.25) is 5.91 Å². The number of carbonyl (C=O) groups is 1. The number of aromatic nitrogens is 5. The van der Waals surface area contributed by atoms with E-state index in [0.717, 1.165) is 22.2 Å². The number of hydrogen-bond donors (Lipinski definition) is 3. The molecular formula is C12H12N6O. The predicted octanol–water partition coefficient (Wildman–Crippen LogP) is 1.17. The number of amides is 1. The molecule has 0 aliphatic heterocycles. The van der Waals surface area contributed by atoms with Gasteiger partial charge in [-0.3, -0.25) is 10.1 Å². The van der Waals surface area contributed by atoms with Crippen molar-refractivity contribution in [1.82, 2.24) is 25.6 Å². The largest absolute Gasteiger partial charge is 0.358 e. The summed E-state index contributed by atoms with van der Waals surface area (Å²) in [7, 11) is 0. The fourth-order valence-corrected chi connectivity index (χ4v) is 2.11. The molecule has 0 bridgehead atoms. The molecule has 7 heteroatoms. The second kappa shape index (κ2) is 4.52. The van der Waals surface area contributed by atoms with Gasteiger partial charge in [-0.15, -0.1) is 5.10 Å². The van der Waals surface area contributed by atoms with E-state index in [1.54, 1.807) is 0 Å². The number of rotatable bonds is 3. The molecule has 1 amide bonds. The highest BCUT2D eigenvalue weighted by Crippen LogP contribution is 2.22. The Kier molecular flexibility index (Phi) is 2.71. The van der Waals surface area contributed by atoms with Gasteiger partial charge in [0, 0.05) is 16.6 Å². The Hall–Kier alpha value is -2.70. The van der Waals surface area contributed by atoms with Crippen LogP contribution >= 0.6 is 0 Å². The van der Waals surface area contributed by atoms with Crippen molar-refractivity contribution in [3.8, 4) is 0 Å². The highest BCUT2D eigenvalue weighted by Gasteiger charge is 2.13. The molecule has 0 unspecified atom stereocenters. The van der Waals surface area contributed by atoms with Gasteiger partial charge in [0.05, 0.1) is 6.42 Å². The van der Waals surface area contributed by atoms with E-state index in [1.165, 1.54) is 0 Å². The number of hydrogen-bond acceptors (Lipinski definition) is 4. The summed E-state index contributed by atoms with van der Waals surface area (Å²) in [6.45, 7) is 1.96. The number of carbonyl (C=O) groups excluding carboxylic acids is 1. The Morgan fingerprint density at radius 2 is 2.21 bits per heavy atom. The van der Waals surface area contributed by atoms with Crippen molar-refractivity contribution in [3.63, 3.8) is 0 Å². The van der Waals surface area contributed by atoms with Gasteiger partial charge in [0.1, 0.15) is 0 Å². The maximum absolute atomic E-state index is 11.9. The van der Waals surface area contributed by atoms with Crippen molar-refractivity contribution in [2.45, 2.75) is 13.3 Å². The third-order valence-electron chi connectivity index (χ3n) is 2.96. The summed E-state index contributed by atoms with van der Waals surface area (Å²) in [5.41, 5.74) is 3.00. The van der Waals surface area contributed by atoms with Gasteiger partial charge in [0.15, 0.2) is 0 Å². The number of nitrogens with zero attached hydrogens (tertiary/aromatic N) is 3. The summed E-state index contributed by atoms with van der Waals surface area (Å²) in [4.78, 5) is 15.2. The lowest BCUT2D eigenvalue weighted by Crippen LogP contribution is -2.15. The SMILES string of the molecule is Cc1[nH]c2ccccc2c1CC(=O)Nc1nn[nH]n1. The van der Waals surface area contributed by atoms with Crippen LogP contribution in [-0.4, -0.2) is 31.5 Å². The van der Waals surface area contributed by atoms with Gasteiger partial charge in [-0.25, -0.2) is 0 Å². The zero-order chi connectivity index (χ0) is 13.2. The summed E-state index contributed by atoms with van der Waals surface area (Å²) < 4.78 is 0. The normalized spacial score (nSPS) is 10.8. The lowest BCUT2D eigenvalue weighted by Gasteiger charge is -2.01. The van der Waals surface area contributed by atoms with Crippen molar-refractivity contribution in [2.75, 3.05) is 5.32 Å². The Morgan fingerprint density at radius 1 is 1.37 bits per heavy atom. The molecule has 2 aromatic heterocycles. The van der Waals surface area contributed by atoms with Crippen LogP contribution in [0.15, 0.2) is 24.3 Å². The molecule has 0 aliphatic carbocycles. The molecule has 0 fully saturated rings. The minimum atomic E-state index is -0.172. The van der Waals surface area contributed by atoms with Crippen LogP contribution in [0.5, 0.6) is 0 Å². The zero-order valence-electron chi connectivity index (χ0n) is 10.3. The first-order valence-electron chi connectivity index (χ1n) is 5.83. The van der Waals surface area contributed by atoms with E-state index in [9.17, 15) is 4.79 Å². The number of aryl methyl sites for hydroxylation is 1. The van der Waals surface area contributed by atoms with E-state index in [4.69, 9.17) is 0 Å². The van der Waals surface area contributed by atoms with Gasteiger partial charge >= 0.3 is 0 Å². The van der Waals surface area contributed by atoms with Crippen LogP contribution in [0.3, 0.4) is 0 Å². The topological polar surface area (TPSA) is 99.4 Å². The summed E-state index contributed by atoms with van der Waals surface area (Å²) in [5, 5.41) is 16.7. The fourth-order valence-electron chi connectivity index (χ4n) is 2.11. The summed E-state index contributed by atoms with van der Waals surface area (Å²) >= 11 is 0. The average Bonchev–Trinajstić information content (AvgIpc) is 2.99. The maximum atomic E-state index is 11.9. The lowest BCUT2D eigenvalue weighted by molar-refractivity contribution is -0.115. The summed E-state index contributed by atoms with van der Waals surface area (Å²) in [6.07, 6.45) is 0.268. The number of benzene rings is 1. The molecule has 3 aromatic rings. The van der Waals surface area contributed by atoms with Crippen molar-refractivity contribution in [1.29, 1.82) is 0 Å². The number of para-hydroxylation sites is 1. The van der Waals surface area contributed by atoms with Gasteiger partial charge in [-0.2, -0.15) is 5.21 Å². The number of anilines is 1. The predicted molar refractivity (Wildman–Crippen MR) is 69.5 cm³/mol. The van der Waals surface area contributed by atoms with Crippen LogP contribution in [-0.2, 0) is 11.2 Å². The molecule has 2 heterocycles. The first kappa shape index (κ1) is 11.4. The number of fused-ring (bicyclic) bond motifs is 1. The van der Waals surface area contributed by atoms with Crippen LogP contribution in [0.1, 0.15) is 11.3 Å². The molecule has 3 rings (SSSR count). The monoisotopic (exact) mass is 256 g/mol. The van der Waals surface area contributed by atoms with E-state index in [0.29, 0.717) is 0 Å². The van der Waals surface area contributed by atoms with E-state index in [-0.39, 0.29) is 18.3 Å². The standard InChI is InChI=1S/C12H12N6O/c1-7-9(8-4-2-3-5-10(8)13-7)6-11(19)14-12-15-17-18-16-12/h2-5,13H,6H2,1H3,(H2,14,15,16,17,18,19). The number of H-pyrrole nitrogens is 2. The van der Waals surface area contributed by atoms with Gasteiger partial charge in [0.25, 0.3) is 5.95 Å². The summed E-state index contributed by atoms with van der Waals surface area (Å²) in [6, 6.07) is 7.90. The van der Waals surface area contributed by atoms with E-state index in [2.05, 4.69) is 30.9 Å². The summed E-state index contributed by atoms with van der Waals surface area (Å²) in [5.74, 6) is 0.0109. The first-order valence-corrected chi connectivity index (χ1v) is 5.83. The molecule has 0 atom stereocenters. The molecule has 3 N–H and O–H groups in total. The Bertz CT molecular complexity index is 715. The molecular weight excluding hydrogens is 244 g/mol. The van der Waals surface area contributed by atoms with Crippen molar-refractivity contribution in [3.05, 3.63) is 35.5 Å². The van der Waals surface area contributed by atoms with E-state index in [1.807, 2.05) is 31.2 Å². The molecule has 96 valence electrons. The van der Waals surface area contributed by atoms with Crippen LogP contribution in [0.4, 0.5) is 5.95 Å². The van der Waals surface area contributed by atoms with Crippen molar-refractivity contribution in [2.24, 2.45) is 0 Å². The van der Waals surface area contributed by atoms with E-state index < -0.39 is 0 Å². The van der Waals surface area contributed by atoms with Gasteiger partial charge in [-0.05, 0) is 23.8 Å². The van der Waals surface area contributed by atoms with E-state index >= 15 is 0 Å². The van der Waals surface area contributed by atoms with Crippen LogP contribution < -0.4 is 5.32 Å². The second-order valence-electron chi connectivity index (χ2n) is 4.23. The van der Waals surface area contributed by atoms with Crippen LogP contribution in [0.2, 0.25) is 0 Å². The van der Waals surface area contributed by atoms with Crippen molar-refractivity contribution >= 4 is 22.8 Å². The molecule has 1 aromatic carbocycles. The van der Waals surface area contributed by atoms with Crippen LogP contribution in [0, 0.1) is 6.92 Å². The molecule has 19 heavy (non-hydrogen) atoms. The quantitative estimate of drug-likeness (QED) is 0.655.